The second-order valence-corrected chi connectivity index (χ2v) is 6.08. The maximum atomic E-state index is 12.9. The number of aromatic nitrogens is 5. The summed E-state index contributed by atoms with van der Waals surface area (Å²) in [5.74, 6) is -0.147. The van der Waals surface area contributed by atoms with Gasteiger partial charge in [-0.25, -0.2) is 0 Å². The van der Waals surface area contributed by atoms with E-state index < -0.39 is 0 Å². The number of nitrogens with zero attached hydrogens (tertiary/aromatic N) is 5. The molecule has 1 amide bonds. The minimum absolute atomic E-state index is 0.147. The second-order valence-electron chi connectivity index (χ2n) is 6.08. The van der Waals surface area contributed by atoms with Crippen molar-refractivity contribution in [2.24, 2.45) is 0 Å². The second kappa shape index (κ2) is 7.65. The van der Waals surface area contributed by atoms with Gasteiger partial charge >= 0.3 is 0 Å². The maximum absolute atomic E-state index is 12.9. The van der Waals surface area contributed by atoms with E-state index in [1.54, 1.807) is 29.5 Å². The molecule has 27 heavy (non-hydrogen) atoms. The van der Waals surface area contributed by atoms with Crippen molar-refractivity contribution in [3.05, 3.63) is 96.8 Å². The Hall–Kier alpha value is -3.74. The van der Waals surface area contributed by atoms with Crippen LogP contribution in [0.1, 0.15) is 22.0 Å². The molecule has 1 atom stereocenters. The molecule has 0 spiro atoms. The zero-order chi connectivity index (χ0) is 18.5. The summed E-state index contributed by atoms with van der Waals surface area (Å²) in [6.07, 6.45) is 6.81. The number of hydrogen-bond donors (Lipinski definition) is 1. The molecule has 2 heterocycles. The van der Waals surface area contributed by atoms with E-state index in [9.17, 15) is 4.79 Å². The largest absolute Gasteiger partial charge is 0.343 e. The lowest BCUT2D eigenvalue weighted by Crippen LogP contribution is -2.31. The number of nitrogens with one attached hydrogen (secondary N) is 1. The Bertz CT molecular complexity index is 996. The van der Waals surface area contributed by atoms with Crippen molar-refractivity contribution in [3.8, 4) is 5.69 Å². The van der Waals surface area contributed by atoms with Crippen molar-refractivity contribution in [1.29, 1.82) is 0 Å². The Morgan fingerprint density at radius 3 is 2.56 bits per heavy atom. The SMILES string of the molecule is O=C(NC(Cn1cccn1)c1ccccc1)c1cccc(-n2cnnc2)c1. The molecule has 0 bridgehead atoms. The first-order chi connectivity index (χ1) is 13.3. The molecule has 1 N–H and O–H groups in total. The van der Waals surface area contributed by atoms with Crippen LogP contribution in [0, 0.1) is 0 Å². The van der Waals surface area contributed by atoms with Crippen LogP contribution >= 0.6 is 0 Å². The standard InChI is InChI=1S/C20H18N6O/c27-20(17-8-4-9-18(12-17)25-14-21-22-15-25)24-19(13-26-11-5-10-23-26)16-6-2-1-3-7-16/h1-12,14-15,19H,13H2,(H,24,27). The summed E-state index contributed by atoms with van der Waals surface area (Å²) in [6, 6.07) is 18.9. The molecule has 0 radical (unpaired) electrons. The molecule has 2 aromatic carbocycles. The fourth-order valence-corrected chi connectivity index (χ4v) is 2.90. The van der Waals surface area contributed by atoms with Crippen molar-refractivity contribution in [2.75, 3.05) is 0 Å². The van der Waals surface area contributed by atoms with Gasteiger partial charge in [0.05, 0.1) is 12.6 Å². The molecule has 4 aromatic rings. The molecule has 7 nitrogen and oxygen atoms in total. The van der Waals surface area contributed by atoms with Crippen LogP contribution in [0.5, 0.6) is 0 Å². The number of carbonyl (C=O) groups excluding carboxylic acids is 1. The van der Waals surface area contributed by atoms with Crippen molar-refractivity contribution >= 4 is 5.91 Å². The van der Waals surface area contributed by atoms with Gasteiger partial charge < -0.3 is 5.32 Å². The maximum Gasteiger partial charge on any atom is 0.251 e. The molecule has 134 valence electrons. The Labute approximate surface area is 156 Å². The molecule has 0 saturated carbocycles. The van der Waals surface area contributed by atoms with E-state index in [4.69, 9.17) is 0 Å². The summed E-state index contributed by atoms with van der Waals surface area (Å²) >= 11 is 0. The molecule has 0 aliphatic heterocycles. The van der Waals surface area contributed by atoms with Gasteiger partial charge in [-0.3, -0.25) is 14.0 Å². The van der Waals surface area contributed by atoms with Gasteiger partial charge in [-0.15, -0.1) is 10.2 Å². The third kappa shape index (κ3) is 3.92. The van der Waals surface area contributed by atoms with Gasteiger partial charge in [0.25, 0.3) is 5.91 Å². The fraction of sp³-hybridized carbons (Fsp3) is 0.100. The van der Waals surface area contributed by atoms with Gasteiger partial charge in [-0.1, -0.05) is 36.4 Å². The summed E-state index contributed by atoms with van der Waals surface area (Å²) in [5, 5.41) is 15.0. The van der Waals surface area contributed by atoms with Crippen LogP contribution in [0.4, 0.5) is 0 Å². The summed E-state index contributed by atoms with van der Waals surface area (Å²) < 4.78 is 3.57. The first-order valence-electron chi connectivity index (χ1n) is 8.58. The topological polar surface area (TPSA) is 77.6 Å². The van der Waals surface area contributed by atoms with E-state index in [2.05, 4.69) is 20.6 Å². The smallest absolute Gasteiger partial charge is 0.251 e. The van der Waals surface area contributed by atoms with Gasteiger partial charge in [-0.05, 0) is 29.8 Å². The quantitative estimate of drug-likeness (QED) is 0.575. The minimum Gasteiger partial charge on any atom is -0.343 e. The van der Waals surface area contributed by atoms with Crippen LogP contribution < -0.4 is 5.32 Å². The van der Waals surface area contributed by atoms with Gasteiger partial charge in [-0.2, -0.15) is 5.10 Å². The number of amides is 1. The van der Waals surface area contributed by atoms with E-state index >= 15 is 0 Å². The van der Waals surface area contributed by atoms with E-state index in [1.165, 1.54) is 0 Å². The molecule has 7 heteroatoms. The van der Waals surface area contributed by atoms with Crippen LogP contribution in [0.15, 0.2) is 85.7 Å². The van der Waals surface area contributed by atoms with Crippen LogP contribution in [0.2, 0.25) is 0 Å². The molecular weight excluding hydrogens is 340 g/mol. The summed E-state index contributed by atoms with van der Waals surface area (Å²) in [5.41, 5.74) is 2.43. The number of carbonyl (C=O) groups is 1. The third-order valence-corrected chi connectivity index (χ3v) is 4.26. The Kier molecular flexibility index (Phi) is 4.74. The minimum atomic E-state index is -0.197. The Morgan fingerprint density at radius 1 is 1.00 bits per heavy atom. The number of hydrogen-bond acceptors (Lipinski definition) is 4. The zero-order valence-corrected chi connectivity index (χ0v) is 14.5. The van der Waals surface area contributed by atoms with Crippen LogP contribution in [-0.4, -0.2) is 30.5 Å². The average Bonchev–Trinajstić information content (AvgIpc) is 3.42. The first-order valence-corrected chi connectivity index (χ1v) is 8.58. The van der Waals surface area contributed by atoms with Crippen molar-refractivity contribution in [3.63, 3.8) is 0 Å². The summed E-state index contributed by atoms with van der Waals surface area (Å²) in [4.78, 5) is 12.9. The van der Waals surface area contributed by atoms with E-state index in [0.29, 0.717) is 12.1 Å². The molecule has 0 fully saturated rings. The fourth-order valence-electron chi connectivity index (χ4n) is 2.90. The molecule has 4 rings (SSSR count). The molecule has 2 aromatic heterocycles. The summed E-state index contributed by atoms with van der Waals surface area (Å²) in [6.45, 7) is 0.549. The van der Waals surface area contributed by atoms with Crippen molar-refractivity contribution < 1.29 is 4.79 Å². The van der Waals surface area contributed by atoms with Crippen LogP contribution in [0.25, 0.3) is 5.69 Å². The van der Waals surface area contributed by atoms with Gasteiger partial charge in [0.2, 0.25) is 0 Å². The van der Waals surface area contributed by atoms with Gasteiger partial charge in [0.15, 0.2) is 0 Å². The highest BCUT2D eigenvalue weighted by Crippen LogP contribution is 2.17. The lowest BCUT2D eigenvalue weighted by atomic mass is 10.1. The third-order valence-electron chi connectivity index (χ3n) is 4.26. The highest BCUT2D eigenvalue weighted by atomic mass is 16.1. The van der Waals surface area contributed by atoms with Gasteiger partial charge in [0.1, 0.15) is 12.7 Å². The molecule has 0 aliphatic carbocycles. The Balaban J connectivity index is 1.57. The first kappa shape index (κ1) is 16.7. The zero-order valence-electron chi connectivity index (χ0n) is 14.5. The Morgan fingerprint density at radius 2 is 1.81 bits per heavy atom. The highest BCUT2D eigenvalue weighted by molar-refractivity contribution is 5.95. The van der Waals surface area contributed by atoms with Crippen molar-refractivity contribution in [2.45, 2.75) is 12.6 Å². The lowest BCUT2D eigenvalue weighted by molar-refractivity contribution is 0.0932. The van der Waals surface area contributed by atoms with E-state index in [0.717, 1.165) is 11.3 Å². The van der Waals surface area contributed by atoms with E-state index in [1.807, 2.05) is 65.5 Å². The molecule has 0 aliphatic rings. The van der Waals surface area contributed by atoms with Crippen molar-refractivity contribution in [1.82, 2.24) is 29.9 Å². The van der Waals surface area contributed by atoms with Crippen LogP contribution in [-0.2, 0) is 6.54 Å². The predicted molar refractivity (Wildman–Crippen MR) is 100 cm³/mol. The number of benzene rings is 2. The normalized spacial score (nSPS) is 11.9. The lowest BCUT2D eigenvalue weighted by Gasteiger charge is -2.19. The summed E-state index contributed by atoms with van der Waals surface area (Å²) in [7, 11) is 0. The monoisotopic (exact) mass is 358 g/mol. The highest BCUT2D eigenvalue weighted by Gasteiger charge is 2.17. The number of rotatable bonds is 6. The van der Waals surface area contributed by atoms with Crippen LogP contribution in [0.3, 0.4) is 0 Å². The van der Waals surface area contributed by atoms with Gasteiger partial charge in [0, 0.05) is 23.6 Å². The molecule has 1 unspecified atom stereocenters. The molecule has 0 saturated heterocycles. The predicted octanol–water partition coefficient (Wildman–Crippen LogP) is 2.64. The average molecular weight is 358 g/mol. The van der Waals surface area contributed by atoms with E-state index in [-0.39, 0.29) is 11.9 Å². The molecular formula is C20H18N6O.